The Morgan fingerprint density at radius 1 is 1.00 bits per heavy atom. The second-order valence-corrected chi connectivity index (χ2v) is 7.52. The Kier molecular flexibility index (Phi) is 6.88. The highest BCUT2D eigenvalue weighted by atomic mass is 16.2. The van der Waals surface area contributed by atoms with E-state index in [1.54, 1.807) is 0 Å². The molecule has 1 aliphatic carbocycles. The zero-order valence-electron chi connectivity index (χ0n) is 14.8. The van der Waals surface area contributed by atoms with Crippen molar-refractivity contribution < 1.29 is 9.59 Å². The lowest BCUT2D eigenvalue weighted by atomic mass is 9.86. The van der Waals surface area contributed by atoms with Crippen molar-refractivity contribution in [2.75, 3.05) is 26.2 Å². The summed E-state index contributed by atoms with van der Waals surface area (Å²) in [7, 11) is 0. The van der Waals surface area contributed by atoms with E-state index in [9.17, 15) is 9.59 Å². The van der Waals surface area contributed by atoms with Crippen molar-refractivity contribution in [3.05, 3.63) is 0 Å². The van der Waals surface area contributed by atoms with E-state index in [2.05, 4.69) is 0 Å². The van der Waals surface area contributed by atoms with Crippen LogP contribution in [-0.4, -0.2) is 53.8 Å². The van der Waals surface area contributed by atoms with E-state index in [-0.39, 0.29) is 17.7 Å². The predicted octanol–water partition coefficient (Wildman–Crippen LogP) is 2.00. The minimum atomic E-state index is -0.427. The van der Waals surface area contributed by atoms with Crippen molar-refractivity contribution >= 4 is 11.8 Å². The van der Waals surface area contributed by atoms with Gasteiger partial charge in [-0.15, -0.1) is 0 Å². The molecular formula is C18H33N3O2. The van der Waals surface area contributed by atoms with E-state index < -0.39 is 6.04 Å². The minimum absolute atomic E-state index is 0.0225. The summed E-state index contributed by atoms with van der Waals surface area (Å²) in [5, 5.41) is 0. The summed E-state index contributed by atoms with van der Waals surface area (Å²) in [4.78, 5) is 28.3. The van der Waals surface area contributed by atoms with E-state index >= 15 is 0 Å². The van der Waals surface area contributed by atoms with Crippen LogP contribution in [0.15, 0.2) is 0 Å². The van der Waals surface area contributed by atoms with Crippen LogP contribution >= 0.6 is 0 Å². The molecule has 1 atom stereocenters. The average molecular weight is 323 g/mol. The molecule has 5 nitrogen and oxygen atoms in total. The zero-order valence-corrected chi connectivity index (χ0v) is 14.8. The molecule has 1 saturated carbocycles. The summed E-state index contributed by atoms with van der Waals surface area (Å²) in [5.41, 5.74) is 5.94. The van der Waals surface area contributed by atoms with Crippen molar-refractivity contribution in [3.63, 3.8) is 0 Å². The highest BCUT2D eigenvalue weighted by molar-refractivity contribution is 5.82. The number of amides is 2. The molecular weight excluding hydrogens is 290 g/mol. The first-order chi connectivity index (χ1) is 11.0. The zero-order chi connectivity index (χ0) is 16.8. The second kappa shape index (κ2) is 8.67. The maximum Gasteiger partial charge on any atom is 0.239 e. The highest BCUT2D eigenvalue weighted by Crippen LogP contribution is 2.27. The molecule has 0 aromatic rings. The Balaban J connectivity index is 1.70. The molecule has 2 fully saturated rings. The molecule has 0 radical (unpaired) electrons. The number of carbonyl (C=O) groups excluding carboxylic acids is 2. The number of piperazine rings is 1. The van der Waals surface area contributed by atoms with E-state index in [1.165, 1.54) is 32.1 Å². The predicted molar refractivity (Wildman–Crippen MR) is 91.8 cm³/mol. The van der Waals surface area contributed by atoms with Crippen LogP contribution in [0.5, 0.6) is 0 Å². The number of hydrogen-bond donors (Lipinski definition) is 1. The van der Waals surface area contributed by atoms with Crippen LogP contribution < -0.4 is 5.73 Å². The molecule has 23 heavy (non-hydrogen) atoms. The van der Waals surface area contributed by atoms with Gasteiger partial charge >= 0.3 is 0 Å². The molecule has 1 heterocycles. The maximum absolute atomic E-state index is 12.4. The van der Waals surface area contributed by atoms with Gasteiger partial charge in [0.15, 0.2) is 0 Å². The van der Waals surface area contributed by atoms with E-state index in [0.717, 1.165) is 12.3 Å². The molecule has 2 N–H and O–H groups in total. The molecule has 2 rings (SSSR count). The molecule has 0 bridgehead atoms. The highest BCUT2D eigenvalue weighted by Gasteiger charge is 2.28. The van der Waals surface area contributed by atoms with Crippen LogP contribution in [0, 0.1) is 11.8 Å². The summed E-state index contributed by atoms with van der Waals surface area (Å²) in [5.74, 6) is 1.18. The Morgan fingerprint density at radius 2 is 1.57 bits per heavy atom. The van der Waals surface area contributed by atoms with Gasteiger partial charge in [0.05, 0.1) is 6.04 Å². The van der Waals surface area contributed by atoms with Crippen molar-refractivity contribution in [3.8, 4) is 0 Å². The Labute approximate surface area is 140 Å². The van der Waals surface area contributed by atoms with Gasteiger partial charge in [-0.05, 0) is 18.3 Å². The normalized spacial score (nSPS) is 21.6. The van der Waals surface area contributed by atoms with E-state index in [1.807, 2.05) is 23.6 Å². The summed E-state index contributed by atoms with van der Waals surface area (Å²) < 4.78 is 0. The minimum Gasteiger partial charge on any atom is -0.339 e. The summed E-state index contributed by atoms with van der Waals surface area (Å²) in [6.07, 6.45) is 8.32. The molecule has 0 unspecified atom stereocenters. The third kappa shape index (κ3) is 5.20. The lowest BCUT2D eigenvalue weighted by Gasteiger charge is -2.36. The number of carbonyl (C=O) groups is 2. The first kappa shape index (κ1) is 18.2. The average Bonchev–Trinajstić information content (AvgIpc) is 2.59. The van der Waals surface area contributed by atoms with Crippen LogP contribution in [0.2, 0.25) is 0 Å². The van der Waals surface area contributed by atoms with Gasteiger partial charge in [0.1, 0.15) is 0 Å². The monoisotopic (exact) mass is 323 g/mol. The molecule has 0 spiro atoms. The fraction of sp³-hybridized carbons (Fsp3) is 0.889. The SMILES string of the molecule is CC(C)[C@H](N)C(=O)N1CCN(C(=O)CCC2CCCCC2)CC1. The van der Waals surface area contributed by atoms with Gasteiger partial charge in [-0.3, -0.25) is 9.59 Å². The van der Waals surface area contributed by atoms with Gasteiger partial charge < -0.3 is 15.5 Å². The molecule has 1 saturated heterocycles. The fourth-order valence-electron chi connectivity index (χ4n) is 3.63. The topological polar surface area (TPSA) is 66.6 Å². The number of nitrogens with zero attached hydrogens (tertiary/aromatic N) is 2. The van der Waals surface area contributed by atoms with E-state index in [0.29, 0.717) is 32.6 Å². The van der Waals surface area contributed by atoms with E-state index in [4.69, 9.17) is 5.73 Å². The second-order valence-electron chi connectivity index (χ2n) is 7.52. The van der Waals surface area contributed by atoms with Crippen LogP contribution in [0.1, 0.15) is 58.8 Å². The van der Waals surface area contributed by atoms with Gasteiger partial charge in [-0.1, -0.05) is 46.0 Å². The lowest BCUT2D eigenvalue weighted by Crippen LogP contribution is -2.55. The van der Waals surface area contributed by atoms with Gasteiger partial charge in [0.2, 0.25) is 11.8 Å². The van der Waals surface area contributed by atoms with Crippen LogP contribution in [0.3, 0.4) is 0 Å². The van der Waals surface area contributed by atoms with Crippen molar-refractivity contribution in [2.24, 2.45) is 17.6 Å². The molecule has 1 aliphatic heterocycles. The molecule has 2 aliphatic rings. The van der Waals surface area contributed by atoms with Crippen LogP contribution in [0.25, 0.3) is 0 Å². The standard InChI is InChI=1S/C18H33N3O2/c1-14(2)17(19)18(23)21-12-10-20(11-13-21)16(22)9-8-15-6-4-3-5-7-15/h14-15,17H,3-13,19H2,1-2H3/t17-/m0/s1. The quantitative estimate of drug-likeness (QED) is 0.841. The molecule has 5 heteroatoms. The van der Waals surface area contributed by atoms with Crippen LogP contribution in [0.4, 0.5) is 0 Å². The number of rotatable bonds is 5. The summed E-state index contributed by atoms with van der Waals surface area (Å²) in [6, 6.07) is -0.427. The van der Waals surface area contributed by atoms with Gasteiger partial charge in [-0.25, -0.2) is 0 Å². The first-order valence-corrected chi connectivity index (χ1v) is 9.31. The first-order valence-electron chi connectivity index (χ1n) is 9.31. The number of hydrogen-bond acceptors (Lipinski definition) is 3. The molecule has 0 aromatic heterocycles. The molecule has 2 amide bonds. The van der Waals surface area contributed by atoms with Crippen molar-refractivity contribution in [2.45, 2.75) is 64.8 Å². The van der Waals surface area contributed by atoms with Gasteiger partial charge in [0.25, 0.3) is 0 Å². The third-order valence-corrected chi connectivity index (χ3v) is 5.44. The Morgan fingerprint density at radius 3 is 2.13 bits per heavy atom. The Bertz CT molecular complexity index is 397. The maximum atomic E-state index is 12.4. The van der Waals surface area contributed by atoms with Crippen molar-refractivity contribution in [1.82, 2.24) is 9.80 Å². The van der Waals surface area contributed by atoms with Gasteiger partial charge in [0, 0.05) is 32.6 Å². The third-order valence-electron chi connectivity index (χ3n) is 5.44. The van der Waals surface area contributed by atoms with Crippen molar-refractivity contribution in [1.29, 1.82) is 0 Å². The Hall–Kier alpha value is -1.10. The summed E-state index contributed by atoms with van der Waals surface area (Å²) in [6.45, 7) is 6.48. The summed E-state index contributed by atoms with van der Waals surface area (Å²) >= 11 is 0. The largest absolute Gasteiger partial charge is 0.339 e. The number of nitrogens with two attached hydrogens (primary N) is 1. The smallest absolute Gasteiger partial charge is 0.239 e. The molecule has 0 aromatic carbocycles. The fourth-order valence-corrected chi connectivity index (χ4v) is 3.63. The van der Waals surface area contributed by atoms with Gasteiger partial charge in [-0.2, -0.15) is 0 Å². The molecule has 132 valence electrons. The lowest BCUT2D eigenvalue weighted by molar-refractivity contribution is -0.141. The van der Waals surface area contributed by atoms with Crippen LogP contribution in [-0.2, 0) is 9.59 Å².